The average Bonchev–Trinajstić information content (AvgIpc) is 2.44. The number of carbonyl (C=O) groups is 1. The first kappa shape index (κ1) is 14.1. The second-order valence-corrected chi connectivity index (χ2v) is 4.88. The Balaban J connectivity index is 2.02. The van der Waals surface area contributed by atoms with Crippen molar-refractivity contribution in [1.82, 2.24) is 0 Å². The molecular formula is C17H19NO2. The quantitative estimate of drug-likeness (QED) is 0.919. The lowest BCUT2D eigenvalue weighted by molar-refractivity contribution is -0.122. The van der Waals surface area contributed by atoms with Crippen molar-refractivity contribution in [1.29, 1.82) is 0 Å². The zero-order valence-electron chi connectivity index (χ0n) is 12.0. The number of para-hydroxylation sites is 1. The smallest absolute Gasteiger partial charge is 0.265 e. The molecule has 2 aromatic carbocycles. The average molecular weight is 269 g/mol. The third-order valence-corrected chi connectivity index (χ3v) is 3.08. The molecule has 0 unspecified atom stereocenters. The number of aryl methyl sites for hydroxylation is 2. The summed E-state index contributed by atoms with van der Waals surface area (Å²) in [7, 11) is 0. The third-order valence-electron chi connectivity index (χ3n) is 3.08. The molecule has 0 spiro atoms. The zero-order valence-corrected chi connectivity index (χ0v) is 12.0. The van der Waals surface area contributed by atoms with Crippen LogP contribution in [0, 0.1) is 13.8 Å². The second-order valence-electron chi connectivity index (χ2n) is 4.88. The summed E-state index contributed by atoms with van der Waals surface area (Å²) < 4.78 is 5.61. The van der Waals surface area contributed by atoms with Gasteiger partial charge in [0.2, 0.25) is 0 Å². The minimum Gasteiger partial charge on any atom is -0.481 e. The maximum absolute atomic E-state index is 12.1. The number of hydrogen-bond acceptors (Lipinski definition) is 2. The van der Waals surface area contributed by atoms with Crippen LogP contribution in [0.2, 0.25) is 0 Å². The Morgan fingerprint density at radius 3 is 2.50 bits per heavy atom. The standard InChI is InChI=1S/C17H19NO2/c1-12-9-10-13(2)16(11-12)18-17(19)14(3)20-15-7-5-4-6-8-15/h4-11,14H,1-3H3,(H,18,19)/t14-/m0/s1. The highest BCUT2D eigenvalue weighted by molar-refractivity contribution is 5.94. The van der Waals surface area contributed by atoms with Crippen LogP contribution in [0.15, 0.2) is 48.5 Å². The van der Waals surface area contributed by atoms with Gasteiger partial charge in [0, 0.05) is 5.69 Å². The molecule has 0 bridgehead atoms. The number of carbonyl (C=O) groups excluding carboxylic acids is 1. The van der Waals surface area contributed by atoms with Crippen LogP contribution in [0.4, 0.5) is 5.69 Å². The van der Waals surface area contributed by atoms with Gasteiger partial charge in [-0.25, -0.2) is 0 Å². The molecule has 0 aromatic heterocycles. The molecule has 0 aliphatic heterocycles. The van der Waals surface area contributed by atoms with E-state index >= 15 is 0 Å². The van der Waals surface area contributed by atoms with Crippen molar-refractivity contribution in [2.24, 2.45) is 0 Å². The molecule has 0 saturated heterocycles. The Hall–Kier alpha value is -2.29. The SMILES string of the molecule is Cc1ccc(C)c(NC(=O)[C@H](C)Oc2ccccc2)c1. The Morgan fingerprint density at radius 1 is 1.10 bits per heavy atom. The molecule has 2 rings (SSSR count). The van der Waals surface area contributed by atoms with Gasteiger partial charge in [0.15, 0.2) is 6.10 Å². The number of benzene rings is 2. The fraction of sp³-hybridized carbons (Fsp3) is 0.235. The lowest BCUT2D eigenvalue weighted by atomic mass is 10.1. The summed E-state index contributed by atoms with van der Waals surface area (Å²) in [4.78, 5) is 12.1. The molecule has 0 saturated carbocycles. The van der Waals surface area contributed by atoms with Crippen LogP contribution in [0.3, 0.4) is 0 Å². The number of anilines is 1. The predicted molar refractivity (Wildman–Crippen MR) is 81.1 cm³/mol. The molecule has 0 radical (unpaired) electrons. The van der Waals surface area contributed by atoms with Gasteiger partial charge in [0.1, 0.15) is 5.75 Å². The van der Waals surface area contributed by atoms with Crippen molar-refractivity contribution < 1.29 is 9.53 Å². The molecule has 0 aliphatic rings. The van der Waals surface area contributed by atoms with Crippen molar-refractivity contribution in [2.45, 2.75) is 26.9 Å². The Kier molecular flexibility index (Phi) is 4.41. The monoisotopic (exact) mass is 269 g/mol. The van der Waals surface area contributed by atoms with Crippen molar-refractivity contribution in [3.8, 4) is 5.75 Å². The largest absolute Gasteiger partial charge is 0.481 e. The van der Waals surface area contributed by atoms with E-state index in [1.165, 1.54) is 0 Å². The fourth-order valence-electron chi connectivity index (χ4n) is 1.86. The van der Waals surface area contributed by atoms with Crippen molar-refractivity contribution in [3.63, 3.8) is 0 Å². The minimum absolute atomic E-state index is 0.150. The number of rotatable bonds is 4. The summed E-state index contributed by atoms with van der Waals surface area (Å²) in [6.45, 7) is 5.71. The topological polar surface area (TPSA) is 38.3 Å². The molecule has 20 heavy (non-hydrogen) atoms. The molecule has 104 valence electrons. The zero-order chi connectivity index (χ0) is 14.5. The lowest BCUT2D eigenvalue weighted by Gasteiger charge is -2.16. The van der Waals surface area contributed by atoms with Crippen LogP contribution >= 0.6 is 0 Å². The summed E-state index contributed by atoms with van der Waals surface area (Å²) >= 11 is 0. The van der Waals surface area contributed by atoms with Crippen LogP contribution in [0.25, 0.3) is 0 Å². The van der Waals surface area contributed by atoms with Crippen LogP contribution < -0.4 is 10.1 Å². The summed E-state index contributed by atoms with van der Waals surface area (Å²) in [6.07, 6.45) is -0.544. The first-order chi connectivity index (χ1) is 9.56. The molecule has 0 fully saturated rings. The van der Waals surface area contributed by atoms with Gasteiger partial charge in [-0.15, -0.1) is 0 Å². The number of hydrogen-bond donors (Lipinski definition) is 1. The van der Waals surface area contributed by atoms with E-state index in [2.05, 4.69) is 5.32 Å². The van der Waals surface area contributed by atoms with Crippen LogP contribution in [0.1, 0.15) is 18.1 Å². The van der Waals surface area contributed by atoms with E-state index in [1.54, 1.807) is 6.92 Å². The normalized spacial score (nSPS) is 11.8. The van der Waals surface area contributed by atoms with E-state index in [1.807, 2.05) is 62.4 Å². The Morgan fingerprint density at radius 2 is 1.80 bits per heavy atom. The fourth-order valence-corrected chi connectivity index (χ4v) is 1.86. The molecular weight excluding hydrogens is 250 g/mol. The molecule has 3 heteroatoms. The summed E-state index contributed by atoms with van der Waals surface area (Å²) in [5.41, 5.74) is 2.98. The lowest BCUT2D eigenvalue weighted by Crippen LogP contribution is -2.30. The van der Waals surface area contributed by atoms with Crippen molar-refractivity contribution >= 4 is 11.6 Å². The van der Waals surface area contributed by atoms with Gasteiger partial charge in [-0.1, -0.05) is 30.3 Å². The molecule has 3 nitrogen and oxygen atoms in total. The van der Waals surface area contributed by atoms with E-state index in [-0.39, 0.29) is 5.91 Å². The van der Waals surface area contributed by atoms with Gasteiger partial charge in [-0.2, -0.15) is 0 Å². The minimum atomic E-state index is -0.544. The van der Waals surface area contributed by atoms with Crippen LogP contribution in [-0.4, -0.2) is 12.0 Å². The van der Waals surface area contributed by atoms with E-state index in [9.17, 15) is 4.79 Å². The van der Waals surface area contributed by atoms with Crippen LogP contribution in [0.5, 0.6) is 5.75 Å². The number of ether oxygens (including phenoxy) is 1. The Bertz CT molecular complexity index is 593. The number of amides is 1. The van der Waals surface area contributed by atoms with Gasteiger partial charge in [-0.05, 0) is 50.1 Å². The van der Waals surface area contributed by atoms with Gasteiger partial charge in [0.05, 0.1) is 0 Å². The van der Waals surface area contributed by atoms with Gasteiger partial charge < -0.3 is 10.1 Å². The first-order valence-electron chi connectivity index (χ1n) is 6.66. The highest BCUT2D eigenvalue weighted by atomic mass is 16.5. The highest BCUT2D eigenvalue weighted by Crippen LogP contribution is 2.17. The maximum atomic E-state index is 12.1. The van der Waals surface area contributed by atoms with E-state index in [0.717, 1.165) is 16.8 Å². The third kappa shape index (κ3) is 3.60. The second kappa shape index (κ2) is 6.24. The Labute approximate surface area is 119 Å². The molecule has 1 atom stereocenters. The van der Waals surface area contributed by atoms with Crippen molar-refractivity contribution in [2.75, 3.05) is 5.32 Å². The van der Waals surface area contributed by atoms with E-state index in [0.29, 0.717) is 5.75 Å². The predicted octanol–water partition coefficient (Wildman–Crippen LogP) is 3.71. The highest BCUT2D eigenvalue weighted by Gasteiger charge is 2.15. The van der Waals surface area contributed by atoms with Gasteiger partial charge >= 0.3 is 0 Å². The molecule has 1 amide bonds. The molecule has 1 N–H and O–H groups in total. The first-order valence-corrected chi connectivity index (χ1v) is 6.66. The maximum Gasteiger partial charge on any atom is 0.265 e. The molecule has 2 aromatic rings. The number of nitrogens with one attached hydrogen (secondary N) is 1. The van der Waals surface area contributed by atoms with Gasteiger partial charge in [0.25, 0.3) is 5.91 Å². The van der Waals surface area contributed by atoms with Crippen LogP contribution in [-0.2, 0) is 4.79 Å². The van der Waals surface area contributed by atoms with E-state index in [4.69, 9.17) is 4.74 Å². The van der Waals surface area contributed by atoms with Crippen molar-refractivity contribution in [3.05, 3.63) is 59.7 Å². The van der Waals surface area contributed by atoms with Gasteiger partial charge in [-0.3, -0.25) is 4.79 Å². The summed E-state index contributed by atoms with van der Waals surface area (Å²) in [6, 6.07) is 15.3. The molecule has 0 heterocycles. The molecule has 0 aliphatic carbocycles. The van der Waals surface area contributed by atoms with E-state index < -0.39 is 6.10 Å². The summed E-state index contributed by atoms with van der Waals surface area (Å²) in [5.74, 6) is 0.540. The summed E-state index contributed by atoms with van der Waals surface area (Å²) in [5, 5.41) is 2.91.